The first-order chi connectivity index (χ1) is 13.1. The summed E-state index contributed by atoms with van der Waals surface area (Å²) < 4.78 is 45.4. The van der Waals surface area contributed by atoms with Crippen LogP contribution in [0, 0.1) is 34.7 Å². The molecule has 1 amide bonds. The zero-order valence-electron chi connectivity index (χ0n) is 15.4. The highest BCUT2D eigenvalue weighted by Crippen LogP contribution is 2.62. The number of carbonyl (C=O) groups excluding carboxylic acids is 2. The van der Waals surface area contributed by atoms with E-state index < -0.39 is 52.1 Å². The van der Waals surface area contributed by atoms with Gasteiger partial charge in [0.2, 0.25) is 0 Å². The summed E-state index contributed by atoms with van der Waals surface area (Å²) in [7, 11) is 0. The zero-order chi connectivity index (χ0) is 20.3. The highest BCUT2D eigenvalue weighted by Gasteiger charge is 2.61. The Kier molecular flexibility index (Phi) is 4.45. The number of hydrogen-bond acceptors (Lipinski definition) is 4. The van der Waals surface area contributed by atoms with Crippen molar-refractivity contribution in [2.45, 2.75) is 57.2 Å². The van der Waals surface area contributed by atoms with Crippen LogP contribution in [0.4, 0.5) is 18.9 Å². The number of amides is 1. The monoisotopic (exact) mass is 397 g/mol. The highest BCUT2D eigenvalue weighted by atomic mass is 19.2. The third kappa shape index (κ3) is 3.17. The normalized spacial score (nSPS) is 34.2. The van der Waals surface area contributed by atoms with Crippen LogP contribution < -0.4 is 5.32 Å². The Labute approximate surface area is 160 Å². The number of esters is 1. The topological polar surface area (TPSA) is 75.6 Å². The maximum absolute atomic E-state index is 13.7. The Balaban J connectivity index is 1.44. The fourth-order valence-corrected chi connectivity index (χ4v) is 5.65. The summed E-state index contributed by atoms with van der Waals surface area (Å²) in [6, 6.07) is 1.59. The van der Waals surface area contributed by atoms with Crippen LogP contribution in [0.15, 0.2) is 12.1 Å². The van der Waals surface area contributed by atoms with E-state index in [1.165, 1.54) is 6.92 Å². The largest absolute Gasteiger partial charge is 0.452 e. The van der Waals surface area contributed by atoms with Gasteiger partial charge in [0.1, 0.15) is 0 Å². The minimum Gasteiger partial charge on any atom is -0.452 e. The first kappa shape index (κ1) is 19.2. The third-order valence-corrected chi connectivity index (χ3v) is 6.41. The molecule has 4 aliphatic carbocycles. The van der Waals surface area contributed by atoms with Crippen LogP contribution in [-0.4, -0.2) is 28.7 Å². The number of benzene rings is 1. The van der Waals surface area contributed by atoms with Gasteiger partial charge in [-0.2, -0.15) is 0 Å². The number of anilines is 1. The molecule has 0 heterocycles. The van der Waals surface area contributed by atoms with Gasteiger partial charge in [0, 0.05) is 0 Å². The van der Waals surface area contributed by atoms with Gasteiger partial charge in [-0.25, -0.2) is 13.2 Å². The van der Waals surface area contributed by atoms with E-state index in [0.717, 1.165) is 12.5 Å². The number of carbonyl (C=O) groups is 2. The molecule has 1 aromatic rings. The summed E-state index contributed by atoms with van der Waals surface area (Å²) in [4.78, 5) is 25.1. The smallest absolute Gasteiger partial charge is 0.312 e. The van der Waals surface area contributed by atoms with Crippen LogP contribution in [0.1, 0.15) is 45.4 Å². The first-order valence-electron chi connectivity index (χ1n) is 9.49. The zero-order valence-corrected chi connectivity index (χ0v) is 15.4. The van der Waals surface area contributed by atoms with E-state index in [2.05, 4.69) is 5.32 Å². The lowest BCUT2D eigenvalue weighted by Crippen LogP contribution is -2.59. The Morgan fingerprint density at radius 1 is 1.14 bits per heavy atom. The predicted molar refractivity (Wildman–Crippen MR) is 92.6 cm³/mol. The van der Waals surface area contributed by atoms with Crippen molar-refractivity contribution in [3.63, 3.8) is 0 Å². The standard InChI is InChI=1S/C20H22F3NO4/c1-10(17(25)24-14-3-2-13(21)15(22)16(14)23)28-18(26)19-5-11-4-12(6-19)8-20(27,7-11)9-19/h2-3,10-12,27H,4-9H2,1H3,(H,24,25)/t10-,11-,12+,19?,20?/m1/s1. The summed E-state index contributed by atoms with van der Waals surface area (Å²) in [5.41, 5.74) is -2.17. The number of hydrogen-bond donors (Lipinski definition) is 2. The molecule has 0 saturated heterocycles. The van der Waals surface area contributed by atoms with E-state index in [9.17, 15) is 27.9 Å². The number of nitrogens with one attached hydrogen (secondary N) is 1. The lowest BCUT2D eigenvalue weighted by Gasteiger charge is -2.58. The maximum atomic E-state index is 13.7. The van der Waals surface area contributed by atoms with E-state index in [4.69, 9.17) is 4.74 Å². The molecule has 2 N–H and O–H groups in total. The molecule has 5 rings (SSSR count). The molecular formula is C20H22F3NO4. The Morgan fingerprint density at radius 3 is 2.39 bits per heavy atom. The molecule has 152 valence electrons. The fourth-order valence-electron chi connectivity index (χ4n) is 5.65. The molecule has 1 aromatic carbocycles. The average molecular weight is 397 g/mol. The van der Waals surface area contributed by atoms with Gasteiger partial charge in [-0.1, -0.05) is 0 Å². The third-order valence-electron chi connectivity index (χ3n) is 6.41. The van der Waals surface area contributed by atoms with Gasteiger partial charge in [0.25, 0.3) is 5.91 Å². The van der Waals surface area contributed by atoms with Gasteiger partial charge in [-0.05, 0) is 69.4 Å². The molecule has 4 bridgehead atoms. The quantitative estimate of drug-likeness (QED) is 0.604. The van der Waals surface area contributed by atoms with Crippen molar-refractivity contribution in [1.29, 1.82) is 0 Å². The molecule has 0 aromatic heterocycles. The number of halogens is 3. The van der Waals surface area contributed by atoms with Gasteiger partial charge in [0.05, 0.1) is 16.7 Å². The number of rotatable bonds is 4. The van der Waals surface area contributed by atoms with Crippen molar-refractivity contribution in [2.75, 3.05) is 5.32 Å². The first-order valence-corrected chi connectivity index (χ1v) is 9.49. The molecule has 0 spiro atoms. The molecule has 4 aliphatic rings. The molecular weight excluding hydrogens is 375 g/mol. The van der Waals surface area contributed by atoms with Crippen LogP contribution in [-0.2, 0) is 14.3 Å². The molecule has 5 nitrogen and oxygen atoms in total. The van der Waals surface area contributed by atoms with Crippen LogP contribution in [0.25, 0.3) is 0 Å². The predicted octanol–water partition coefficient (Wildman–Crippen LogP) is 3.31. The van der Waals surface area contributed by atoms with Crippen LogP contribution >= 0.6 is 0 Å². The molecule has 28 heavy (non-hydrogen) atoms. The summed E-state index contributed by atoms with van der Waals surface area (Å²) >= 11 is 0. The number of aliphatic hydroxyl groups is 1. The van der Waals surface area contributed by atoms with Gasteiger partial charge < -0.3 is 15.2 Å². The molecule has 4 fully saturated rings. The fraction of sp³-hybridized carbons (Fsp3) is 0.600. The lowest BCUT2D eigenvalue weighted by atomic mass is 9.48. The molecule has 2 unspecified atom stereocenters. The van der Waals surface area contributed by atoms with Gasteiger partial charge >= 0.3 is 5.97 Å². The lowest BCUT2D eigenvalue weighted by molar-refractivity contribution is -0.199. The molecule has 5 atom stereocenters. The van der Waals surface area contributed by atoms with Crippen molar-refractivity contribution in [1.82, 2.24) is 0 Å². The van der Waals surface area contributed by atoms with Crippen molar-refractivity contribution < 1.29 is 32.6 Å². The Morgan fingerprint density at radius 2 is 1.79 bits per heavy atom. The van der Waals surface area contributed by atoms with Gasteiger partial charge in [-0.15, -0.1) is 0 Å². The summed E-state index contributed by atoms with van der Waals surface area (Å²) in [5, 5.41) is 12.9. The van der Waals surface area contributed by atoms with Crippen molar-refractivity contribution in [3.8, 4) is 0 Å². The van der Waals surface area contributed by atoms with Crippen molar-refractivity contribution in [2.24, 2.45) is 17.3 Å². The minimum atomic E-state index is -1.69. The summed E-state index contributed by atoms with van der Waals surface area (Å²) in [6.07, 6.45) is 2.75. The van der Waals surface area contributed by atoms with E-state index in [1.54, 1.807) is 0 Å². The second kappa shape index (κ2) is 6.47. The summed E-state index contributed by atoms with van der Waals surface area (Å²) in [6.45, 7) is 1.33. The number of ether oxygens (including phenoxy) is 1. The average Bonchev–Trinajstić information content (AvgIpc) is 2.60. The summed E-state index contributed by atoms with van der Waals surface area (Å²) in [5.74, 6) is -5.40. The Bertz CT molecular complexity index is 829. The van der Waals surface area contributed by atoms with Crippen molar-refractivity contribution >= 4 is 17.6 Å². The Hall–Kier alpha value is -2.09. The van der Waals surface area contributed by atoms with E-state index in [-0.39, 0.29) is 11.8 Å². The molecule has 0 aliphatic heterocycles. The highest BCUT2D eigenvalue weighted by molar-refractivity contribution is 5.95. The van der Waals surface area contributed by atoms with Crippen LogP contribution in [0.3, 0.4) is 0 Å². The second-order valence-electron chi connectivity index (χ2n) is 8.73. The SMILES string of the molecule is C[C@@H](OC(=O)C12C[C@@H]3C[C@@H](CC(O)(C3)C1)C2)C(=O)Nc1ccc(F)c(F)c1F. The molecule has 4 saturated carbocycles. The molecule has 8 heteroatoms. The van der Waals surface area contributed by atoms with Gasteiger partial charge in [-0.3, -0.25) is 9.59 Å². The van der Waals surface area contributed by atoms with E-state index in [1.807, 2.05) is 0 Å². The van der Waals surface area contributed by atoms with E-state index >= 15 is 0 Å². The second-order valence-corrected chi connectivity index (χ2v) is 8.73. The van der Waals surface area contributed by atoms with Gasteiger partial charge in [0.15, 0.2) is 23.6 Å². The van der Waals surface area contributed by atoms with E-state index in [0.29, 0.717) is 38.2 Å². The van der Waals surface area contributed by atoms with Crippen molar-refractivity contribution in [3.05, 3.63) is 29.6 Å². The minimum absolute atomic E-state index is 0.277. The maximum Gasteiger partial charge on any atom is 0.312 e. The molecule has 0 radical (unpaired) electrons. The van der Waals surface area contributed by atoms with Crippen LogP contribution in [0.5, 0.6) is 0 Å². The van der Waals surface area contributed by atoms with Crippen LogP contribution in [0.2, 0.25) is 0 Å².